The molecule has 0 saturated carbocycles. The Labute approximate surface area is 150 Å². The maximum Gasteiger partial charge on any atom is 0.292 e. The summed E-state index contributed by atoms with van der Waals surface area (Å²) in [5, 5.41) is 9.73. The van der Waals surface area contributed by atoms with Crippen LogP contribution < -0.4 is 5.32 Å². The number of aryl methyl sites for hydroxylation is 1. The number of hydrogen-bond donors (Lipinski definition) is 1. The average molecular weight is 362 g/mol. The lowest BCUT2D eigenvalue weighted by Gasteiger charge is -2.35. The van der Waals surface area contributed by atoms with Crippen LogP contribution in [0.4, 0.5) is 0 Å². The zero-order chi connectivity index (χ0) is 17.8. The van der Waals surface area contributed by atoms with E-state index in [1.807, 2.05) is 12.3 Å². The Balaban J connectivity index is 1.63. The Morgan fingerprint density at radius 3 is 2.76 bits per heavy atom. The van der Waals surface area contributed by atoms with E-state index in [2.05, 4.69) is 15.5 Å². The first kappa shape index (κ1) is 17.6. The molecule has 1 aliphatic heterocycles. The minimum atomic E-state index is -0.115. The summed E-state index contributed by atoms with van der Waals surface area (Å²) in [6.07, 6.45) is 4.11. The SMILES string of the molecule is CCc1cc(C(=O)N2CCC(C(NC(C)=O)c3nccs3)CC2)on1. The molecule has 1 N–H and O–H groups in total. The molecule has 8 heteroatoms. The number of carbonyl (C=O) groups is 2. The number of thiazole rings is 1. The number of rotatable bonds is 5. The largest absolute Gasteiger partial charge is 0.351 e. The Hall–Kier alpha value is -2.22. The molecule has 0 aliphatic carbocycles. The number of nitrogens with zero attached hydrogens (tertiary/aromatic N) is 3. The van der Waals surface area contributed by atoms with Gasteiger partial charge in [0.15, 0.2) is 0 Å². The van der Waals surface area contributed by atoms with E-state index in [1.165, 1.54) is 6.92 Å². The van der Waals surface area contributed by atoms with Crippen LogP contribution in [0.25, 0.3) is 0 Å². The molecule has 0 radical (unpaired) electrons. The summed E-state index contributed by atoms with van der Waals surface area (Å²) in [5.41, 5.74) is 0.785. The molecule has 0 aromatic carbocycles. The molecule has 1 fully saturated rings. The molecule has 2 amide bonds. The lowest BCUT2D eigenvalue weighted by Crippen LogP contribution is -2.42. The highest BCUT2D eigenvalue weighted by molar-refractivity contribution is 7.09. The van der Waals surface area contributed by atoms with E-state index in [-0.39, 0.29) is 23.8 Å². The molecule has 1 saturated heterocycles. The van der Waals surface area contributed by atoms with E-state index in [1.54, 1.807) is 28.5 Å². The highest BCUT2D eigenvalue weighted by Crippen LogP contribution is 2.32. The molecule has 2 aromatic heterocycles. The molecule has 25 heavy (non-hydrogen) atoms. The van der Waals surface area contributed by atoms with Crippen molar-refractivity contribution < 1.29 is 14.1 Å². The molecular formula is C17H22N4O3S. The predicted octanol–water partition coefficient (Wildman–Crippen LogP) is 2.42. The molecular weight excluding hydrogens is 340 g/mol. The van der Waals surface area contributed by atoms with Crippen molar-refractivity contribution in [3.05, 3.63) is 34.1 Å². The van der Waals surface area contributed by atoms with Gasteiger partial charge in [-0.1, -0.05) is 12.1 Å². The smallest absolute Gasteiger partial charge is 0.292 e. The molecule has 3 rings (SSSR count). The number of aromatic nitrogens is 2. The number of carbonyl (C=O) groups excluding carboxylic acids is 2. The topological polar surface area (TPSA) is 88.3 Å². The third-order valence-electron chi connectivity index (χ3n) is 4.51. The van der Waals surface area contributed by atoms with Gasteiger partial charge in [0.1, 0.15) is 5.01 Å². The molecule has 3 heterocycles. The van der Waals surface area contributed by atoms with Crippen LogP contribution in [-0.4, -0.2) is 39.9 Å². The lowest BCUT2D eigenvalue weighted by molar-refractivity contribution is -0.120. The van der Waals surface area contributed by atoms with Gasteiger partial charge < -0.3 is 14.7 Å². The monoisotopic (exact) mass is 362 g/mol. The molecule has 2 aromatic rings. The summed E-state index contributed by atoms with van der Waals surface area (Å²) in [6, 6.07) is 1.62. The van der Waals surface area contributed by atoms with Gasteiger partial charge in [0.2, 0.25) is 11.7 Å². The lowest BCUT2D eigenvalue weighted by atomic mass is 9.89. The van der Waals surface area contributed by atoms with E-state index in [0.717, 1.165) is 30.0 Å². The molecule has 7 nitrogen and oxygen atoms in total. The van der Waals surface area contributed by atoms with Crippen molar-refractivity contribution in [3.63, 3.8) is 0 Å². The third-order valence-corrected chi connectivity index (χ3v) is 5.37. The van der Waals surface area contributed by atoms with Crippen LogP contribution in [0.2, 0.25) is 0 Å². The van der Waals surface area contributed by atoms with E-state index in [4.69, 9.17) is 4.52 Å². The van der Waals surface area contributed by atoms with Gasteiger partial charge in [0.05, 0.1) is 11.7 Å². The van der Waals surface area contributed by atoms with Crippen LogP contribution in [-0.2, 0) is 11.2 Å². The zero-order valence-corrected chi connectivity index (χ0v) is 15.2. The van der Waals surface area contributed by atoms with E-state index in [9.17, 15) is 9.59 Å². The first-order valence-electron chi connectivity index (χ1n) is 8.49. The van der Waals surface area contributed by atoms with Crippen molar-refractivity contribution in [2.45, 2.75) is 39.2 Å². The minimum Gasteiger partial charge on any atom is -0.351 e. The van der Waals surface area contributed by atoms with Crippen molar-refractivity contribution in [1.82, 2.24) is 20.4 Å². The summed E-state index contributed by atoms with van der Waals surface area (Å²) in [5.74, 6) is 0.386. The third kappa shape index (κ3) is 4.07. The average Bonchev–Trinajstić information content (AvgIpc) is 3.30. The highest BCUT2D eigenvalue weighted by atomic mass is 32.1. The predicted molar refractivity (Wildman–Crippen MR) is 93.2 cm³/mol. The van der Waals surface area contributed by atoms with Gasteiger partial charge in [-0.05, 0) is 25.2 Å². The number of likely N-dealkylation sites (tertiary alicyclic amines) is 1. The van der Waals surface area contributed by atoms with Gasteiger partial charge in [0.25, 0.3) is 5.91 Å². The number of piperidine rings is 1. The number of amides is 2. The Bertz CT molecular complexity index is 720. The molecule has 1 unspecified atom stereocenters. The second kappa shape index (κ2) is 7.77. The molecule has 0 bridgehead atoms. The first-order valence-corrected chi connectivity index (χ1v) is 9.37. The summed E-state index contributed by atoms with van der Waals surface area (Å²) >= 11 is 1.55. The number of nitrogens with one attached hydrogen (secondary N) is 1. The van der Waals surface area contributed by atoms with Gasteiger partial charge in [-0.25, -0.2) is 4.98 Å². The second-order valence-electron chi connectivity index (χ2n) is 6.21. The second-order valence-corrected chi connectivity index (χ2v) is 7.14. The van der Waals surface area contributed by atoms with Crippen LogP contribution in [0, 0.1) is 5.92 Å². The Morgan fingerprint density at radius 1 is 1.44 bits per heavy atom. The summed E-state index contributed by atoms with van der Waals surface area (Å²) < 4.78 is 5.15. The Morgan fingerprint density at radius 2 is 2.20 bits per heavy atom. The summed E-state index contributed by atoms with van der Waals surface area (Å²) in [7, 11) is 0. The molecule has 134 valence electrons. The molecule has 0 spiro atoms. The first-order chi connectivity index (χ1) is 12.1. The van der Waals surface area contributed by atoms with E-state index >= 15 is 0 Å². The summed E-state index contributed by atoms with van der Waals surface area (Å²) in [6.45, 7) is 4.76. The summed E-state index contributed by atoms with van der Waals surface area (Å²) in [4.78, 5) is 30.2. The van der Waals surface area contributed by atoms with Crippen molar-refractivity contribution >= 4 is 23.2 Å². The van der Waals surface area contributed by atoms with Crippen molar-refractivity contribution in [2.75, 3.05) is 13.1 Å². The van der Waals surface area contributed by atoms with Crippen LogP contribution in [0.15, 0.2) is 22.2 Å². The van der Waals surface area contributed by atoms with E-state index < -0.39 is 0 Å². The van der Waals surface area contributed by atoms with Crippen LogP contribution in [0.1, 0.15) is 54.0 Å². The van der Waals surface area contributed by atoms with E-state index in [0.29, 0.717) is 18.8 Å². The fraction of sp³-hybridized carbons (Fsp3) is 0.529. The van der Waals surface area contributed by atoms with Gasteiger partial charge in [0, 0.05) is 37.7 Å². The molecule has 1 atom stereocenters. The van der Waals surface area contributed by atoms with Gasteiger partial charge in [-0.15, -0.1) is 11.3 Å². The fourth-order valence-corrected chi connectivity index (χ4v) is 3.94. The van der Waals surface area contributed by atoms with Crippen molar-refractivity contribution in [3.8, 4) is 0 Å². The van der Waals surface area contributed by atoms with Crippen LogP contribution in [0.3, 0.4) is 0 Å². The standard InChI is InChI=1S/C17H22N4O3S/c1-3-13-10-14(24-20-13)17(23)21-7-4-12(5-8-21)15(19-11(2)22)16-18-6-9-25-16/h6,9-10,12,15H,3-5,7-8H2,1-2H3,(H,19,22). The van der Waals surface area contributed by atoms with Crippen molar-refractivity contribution in [2.24, 2.45) is 5.92 Å². The maximum atomic E-state index is 12.5. The number of hydrogen-bond acceptors (Lipinski definition) is 6. The normalized spacial score (nSPS) is 16.6. The minimum absolute atomic E-state index is 0.0625. The highest BCUT2D eigenvalue weighted by Gasteiger charge is 2.32. The molecule has 1 aliphatic rings. The Kier molecular flexibility index (Phi) is 5.47. The van der Waals surface area contributed by atoms with Crippen molar-refractivity contribution in [1.29, 1.82) is 0 Å². The van der Waals surface area contributed by atoms with Crippen LogP contribution >= 0.6 is 11.3 Å². The fourth-order valence-electron chi connectivity index (χ4n) is 3.16. The van der Waals surface area contributed by atoms with Crippen LogP contribution in [0.5, 0.6) is 0 Å². The van der Waals surface area contributed by atoms with Gasteiger partial charge >= 0.3 is 0 Å². The maximum absolute atomic E-state index is 12.5. The van der Waals surface area contributed by atoms with Gasteiger partial charge in [-0.2, -0.15) is 0 Å². The van der Waals surface area contributed by atoms with Gasteiger partial charge in [-0.3, -0.25) is 9.59 Å². The quantitative estimate of drug-likeness (QED) is 0.882. The zero-order valence-electron chi connectivity index (χ0n) is 14.4.